The molecule has 0 aliphatic rings. The van der Waals surface area contributed by atoms with Gasteiger partial charge in [-0.3, -0.25) is 0 Å². The summed E-state index contributed by atoms with van der Waals surface area (Å²) in [6, 6.07) is 2.59. The van der Waals surface area contributed by atoms with Gasteiger partial charge in [-0.1, -0.05) is 26.0 Å². The smallest absolute Gasteiger partial charge is 0.130 e. The summed E-state index contributed by atoms with van der Waals surface area (Å²) in [4.78, 5) is 4.12. The van der Waals surface area contributed by atoms with Crippen molar-refractivity contribution >= 4 is 11.9 Å². The summed E-state index contributed by atoms with van der Waals surface area (Å²) in [5, 5.41) is 3.36. The Labute approximate surface area is 97.8 Å². The second-order valence-electron chi connectivity index (χ2n) is 4.29. The van der Waals surface area contributed by atoms with Crippen LogP contribution in [0.4, 0.5) is 5.82 Å². The van der Waals surface area contributed by atoms with Gasteiger partial charge in [-0.25, -0.2) is 4.98 Å². The van der Waals surface area contributed by atoms with Gasteiger partial charge in [0.15, 0.2) is 0 Å². The average Bonchev–Trinajstić information content (AvgIpc) is 2.22. The summed E-state index contributed by atoms with van der Waals surface area (Å²) in [6.07, 6.45) is 6.96. The number of aryl methyl sites for hydroxylation is 1. The van der Waals surface area contributed by atoms with Crippen LogP contribution in [0.1, 0.15) is 31.4 Å². The molecule has 0 fully saturated rings. The molecule has 0 aliphatic heterocycles. The molecule has 0 spiro atoms. The first-order chi connectivity index (χ1) is 7.59. The maximum Gasteiger partial charge on any atom is 0.130 e. The van der Waals surface area contributed by atoms with Gasteiger partial charge in [0.2, 0.25) is 0 Å². The van der Waals surface area contributed by atoms with E-state index in [-0.39, 0.29) is 0 Å². The van der Waals surface area contributed by atoms with Gasteiger partial charge in [-0.15, -0.1) is 0 Å². The van der Waals surface area contributed by atoms with Crippen molar-refractivity contribution in [1.29, 1.82) is 0 Å². The fourth-order valence-electron chi connectivity index (χ4n) is 1.40. The Morgan fingerprint density at radius 2 is 2.25 bits per heavy atom. The van der Waals surface area contributed by atoms with Crippen molar-refractivity contribution in [1.82, 2.24) is 10.3 Å². The molecule has 0 radical (unpaired) electrons. The Balaban J connectivity index is 2.46. The van der Waals surface area contributed by atoms with Crippen LogP contribution in [-0.4, -0.2) is 17.6 Å². The molecule has 0 aliphatic carbocycles. The average molecular weight is 219 g/mol. The molecule has 0 atom stereocenters. The van der Waals surface area contributed by atoms with Gasteiger partial charge in [0.05, 0.1) is 0 Å². The van der Waals surface area contributed by atoms with Crippen molar-refractivity contribution in [2.24, 2.45) is 0 Å². The fourth-order valence-corrected chi connectivity index (χ4v) is 1.40. The third kappa shape index (κ3) is 4.45. The minimum Gasteiger partial charge on any atom is -0.383 e. The Bertz CT molecular complexity index is 356. The van der Waals surface area contributed by atoms with Crippen LogP contribution < -0.4 is 11.1 Å². The SMILES string of the molecule is Cc1cnc(N)c(C=CCCNC(C)C)c1. The first kappa shape index (κ1) is 12.7. The Morgan fingerprint density at radius 1 is 1.50 bits per heavy atom. The van der Waals surface area contributed by atoms with Crippen LogP contribution in [0.3, 0.4) is 0 Å². The predicted molar refractivity (Wildman–Crippen MR) is 70.2 cm³/mol. The summed E-state index contributed by atoms with van der Waals surface area (Å²) < 4.78 is 0. The molecule has 16 heavy (non-hydrogen) atoms. The lowest BCUT2D eigenvalue weighted by molar-refractivity contribution is 0.595. The van der Waals surface area contributed by atoms with Crippen LogP contribution in [0.5, 0.6) is 0 Å². The van der Waals surface area contributed by atoms with Crippen molar-refractivity contribution in [3.05, 3.63) is 29.5 Å². The van der Waals surface area contributed by atoms with E-state index < -0.39 is 0 Å². The van der Waals surface area contributed by atoms with Gasteiger partial charge in [-0.2, -0.15) is 0 Å². The van der Waals surface area contributed by atoms with Gasteiger partial charge >= 0.3 is 0 Å². The van der Waals surface area contributed by atoms with Crippen LogP contribution in [0.15, 0.2) is 18.3 Å². The summed E-state index contributed by atoms with van der Waals surface area (Å²) >= 11 is 0. The Hall–Kier alpha value is -1.35. The number of nitrogens with two attached hydrogens (primary N) is 1. The molecule has 0 saturated carbocycles. The van der Waals surface area contributed by atoms with E-state index in [1.54, 1.807) is 6.20 Å². The highest BCUT2D eigenvalue weighted by atomic mass is 14.9. The molecule has 1 heterocycles. The lowest BCUT2D eigenvalue weighted by Crippen LogP contribution is -2.23. The maximum absolute atomic E-state index is 5.77. The molecule has 0 aromatic carbocycles. The lowest BCUT2D eigenvalue weighted by atomic mass is 10.2. The van der Waals surface area contributed by atoms with Gasteiger partial charge < -0.3 is 11.1 Å². The molecule has 88 valence electrons. The Kier molecular flexibility index (Phi) is 4.99. The number of anilines is 1. The number of pyridine rings is 1. The summed E-state index contributed by atoms with van der Waals surface area (Å²) in [5.41, 5.74) is 7.91. The molecule has 0 amide bonds. The molecule has 1 aromatic heterocycles. The molecule has 0 bridgehead atoms. The van der Waals surface area contributed by atoms with E-state index in [0.29, 0.717) is 11.9 Å². The molecule has 3 N–H and O–H groups in total. The quantitative estimate of drug-likeness (QED) is 0.747. The minimum atomic E-state index is 0.541. The number of hydrogen-bond donors (Lipinski definition) is 2. The predicted octanol–water partition coefficient (Wildman–Crippen LogP) is 2.37. The number of nitrogen functional groups attached to an aromatic ring is 1. The highest BCUT2D eigenvalue weighted by Gasteiger charge is 1.96. The normalized spacial score (nSPS) is 11.5. The fraction of sp³-hybridized carbons (Fsp3) is 0.462. The molecular weight excluding hydrogens is 198 g/mol. The number of hydrogen-bond acceptors (Lipinski definition) is 3. The van der Waals surface area contributed by atoms with E-state index >= 15 is 0 Å². The van der Waals surface area contributed by atoms with Gasteiger partial charge in [0.1, 0.15) is 5.82 Å². The van der Waals surface area contributed by atoms with Crippen LogP contribution >= 0.6 is 0 Å². The largest absolute Gasteiger partial charge is 0.383 e. The summed E-state index contributed by atoms with van der Waals surface area (Å²) in [6.45, 7) is 7.30. The van der Waals surface area contributed by atoms with Crippen molar-refractivity contribution in [3.8, 4) is 0 Å². The summed E-state index contributed by atoms with van der Waals surface area (Å²) in [7, 11) is 0. The topological polar surface area (TPSA) is 50.9 Å². The van der Waals surface area contributed by atoms with Gasteiger partial charge in [0.25, 0.3) is 0 Å². The van der Waals surface area contributed by atoms with Crippen molar-refractivity contribution in [3.63, 3.8) is 0 Å². The molecule has 3 nitrogen and oxygen atoms in total. The van der Waals surface area contributed by atoms with Crippen LogP contribution in [0.25, 0.3) is 6.08 Å². The van der Waals surface area contributed by atoms with Crippen LogP contribution in [-0.2, 0) is 0 Å². The molecule has 1 aromatic rings. The van der Waals surface area contributed by atoms with E-state index in [2.05, 4.69) is 36.3 Å². The number of nitrogens with zero attached hydrogens (tertiary/aromatic N) is 1. The van der Waals surface area contributed by atoms with E-state index in [4.69, 9.17) is 5.73 Å². The van der Waals surface area contributed by atoms with Crippen molar-refractivity contribution in [2.75, 3.05) is 12.3 Å². The van der Waals surface area contributed by atoms with E-state index in [1.807, 2.05) is 13.0 Å². The molecule has 0 unspecified atom stereocenters. The zero-order valence-corrected chi connectivity index (χ0v) is 10.3. The molecule has 0 saturated heterocycles. The Morgan fingerprint density at radius 3 is 2.94 bits per heavy atom. The van der Waals surface area contributed by atoms with Crippen molar-refractivity contribution < 1.29 is 0 Å². The van der Waals surface area contributed by atoms with E-state index in [1.165, 1.54) is 0 Å². The van der Waals surface area contributed by atoms with Crippen LogP contribution in [0, 0.1) is 6.92 Å². The number of rotatable bonds is 5. The van der Waals surface area contributed by atoms with E-state index in [0.717, 1.165) is 24.1 Å². The van der Waals surface area contributed by atoms with E-state index in [9.17, 15) is 0 Å². The second-order valence-corrected chi connectivity index (χ2v) is 4.29. The molecular formula is C13H21N3. The number of aromatic nitrogens is 1. The molecule has 3 heteroatoms. The van der Waals surface area contributed by atoms with Crippen molar-refractivity contribution in [2.45, 2.75) is 33.2 Å². The highest BCUT2D eigenvalue weighted by Crippen LogP contribution is 2.12. The minimum absolute atomic E-state index is 0.541. The van der Waals surface area contributed by atoms with Crippen LogP contribution in [0.2, 0.25) is 0 Å². The molecule has 1 rings (SSSR count). The maximum atomic E-state index is 5.77. The first-order valence-corrected chi connectivity index (χ1v) is 5.71. The second kappa shape index (κ2) is 6.28. The van der Waals surface area contributed by atoms with Gasteiger partial charge in [0, 0.05) is 17.8 Å². The lowest BCUT2D eigenvalue weighted by Gasteiger charge is -2.05. The monoisotopic (exact) mass is 219 g/mol. The third-order valence-corrected chi connectivity index (χ3v) is 2.25. The third-order valence-electron chi connectivity index (χ3n) is 2.25. The highest BCUT2D eigenvalue weighted by molar-refractivity contribution is 5.61. The van der Waals surface area contributed by atoms with Gasteiger partial charge in [-0.05, 0) is 31.5 Å². The zero-order chi connectivity index (χ0) is 12.0. The first-order valence-electron chi connectivity index (χ1n) is 5.71. The number of nitrogens with one attached hydrogen (secondary N) is 1. The standard InChI is InChI=1S/C13H21N3/c1-10(2)15-7-5-4-6-12-8-11(3)9-16-13(12)14/h4,6,8-10,15H,5,7H2,1-3H3,(H2,14,16). The summed E-state index contributed by atoms with van der Waals surface area (Å²) in [5.74, 6) is 0.596. The zero-order valence-electron chi connectivity index (χ0n) is 10.3.